The van der Waals surface area contributed by atoms with Crippen molar-refractivity contribution in [2.45, 2.75) is 50.0 Å². The molecule has 2 rings (SSSR count). The number of thiol groups is 1. The van der Waals surface area contributed by atoms with Gasteiger partial charge in [0.2, 0.25) is 0 Å². The molecule has 4 heteroatoms. The third-order valence-corrected chi connectivity index (χ3v) is 4.83. The molecule has 0 unspecified atom stereocenters. The summed E-state index contributed by atoms with van der Waals surface area (Å²) in [7, 11) is 0. The number of hydrogen-bond donors (Lipinski definition) is 2. The van der Waals surface area contributed by atoms with Gasteiger partial charge in [-0.15, -0.1) is 12.6 Å². The Morgan fingerprint density at radius 3 is 2.63 bits per heavy atom. The van der Waals surface area contributed by atoms with E-state index in [0.717, 1.165) is 23.2 Å². The summed E-state index contributed by atoms with van der Waals surface area (Å²) in [4.78, 5) is 12.9. The Balaban J connectivity index is 1.94. The van der Waals surface area contributed by atoms with Crippen molar-refractivity contribution in [2.24, 2.45) is 5.92 Å². The van der Waals surface area contributed by atoms with Crippen LogP contribution in [0.5, 0.6) is 0 Å². The highest BCUT2D eigenvalue weighted by Crippen LogP contribution is 2.27. The van der Waals surface area contributed by atoms with Crippen molar-refractivity contribution in [3.8, 4) is 0 Å². The van der Waals surface area contributed by atoms with E-state index in [4.69, 9.17) is 0 Å². The second-order valence-electron chi connectivity index (χ2n) is 5.26. The first-order chi connectivity index (χ1) is 9.10. The average Bonchev–Trinajstić information content (AvgIpc) is 2.39. The smallest absolute Gasteiger partial charge is 0.252 e. The van der Waals surface area contributed by atoms with E-state index in [-0.39, 0.29) is 5.91 Å². The van der Waals surface area contributed by atoms with Crippen molar-refractivity contribution < 1.29 is 4.79 Å². The molecule has 0 bridgehead atoms. The zero-order valence-corrected chi connectivity index (χ0v) is 13.6. The summed E-state index contributed by atoms with van der Waals surface area (Å²) >= 11 is 7.74. The highest BCUT2D eigenvalue weighted by Gasteiger charge is 2.22. The van der Waals surface area contributed by atoms with Crippen molar-refractivity contribution in [3.05, 3.63) is 28.2 Å². The van der Waals surface area contributed by atoms with Crippen LogP contribution in [0.1, 0.15) is 49.4 Å². The maximum absolute atomic E-state index is 12.2. The predicted molar refractivity (Wildman–Crippen MR) is 84.9 cm³/mol. The maximum atomic E-state index is 12.2. The Labute approximate surface area is 128 Å². The van der Waals surface area contributed by atoms with Crippen LogP contribution in [-0.4, -0.2) is 11.9 Å². The molecule has 104 valence electrons. The van der Waals surface area contributed by atoms with Gasteiger partial charge in [0.05, 0.1) is 5.56 Å². The monoisotopic (exact) mass is 341 g/mol. The predicted octanol–water partition coefficient (Wildman–Crippen LogP) is 4.44. The minimum absolute atomic E-state index is 0.00236. The van der Waals surface area contributed by atoms with Crippen LogP contribution >= 0.6 is 28.6 Å². The summed E-state index contributed by atoms with van der Waals surface area (Å²) in [6.45, 7) is 2.25. The fourth-order valence-electron chi connectivity index (χ4n) is 2.67. The average molecular weight is 342 g/mol. The maximum Gasteiger partial charge on any atom is 0.252 e. The molecule has 1 aliphatic rings. The van der Waals surface area contributed by atoms with Crippen molar-refractivity contribution in [1.82, 2.24) is 5.32 Å². The summed E-state index contributed by atoms with van der Waals surface area (Å²) < 4.78 is 0.942. The summed E-state index contributed by atoms with van der Waals surface area (Å²) in [5.74, 6) is 0.846. The van der Waals surface area contributed by atoms with Gasteiger partial charge in [0, 0.05) is 15.4 Å². The molecular weight excluding hydrogens is 322 g/mol. The zero-order chi connectivity index (χ0) is 13.8. The lowest BCUT2D eigenvalue weighted by Crippen LogP contribution is -2.37. The third kappa shape index (κ3) is 3.99. The number of amides is 1. The molecule has 0 aliphatic heterocycles. The van der Waals surface area contributed by atoms with E-state index in [1.807, 2.05) is 18.2 Å². The van der Waals surface area contributed by atoms with Crippen LogP contribution in [0.15, 0.2) is 27.6 Å². The van der Waals surface area contributed by atoms with Gasteiger partial charge in [0.15, 0.2) is 0 Å². The number of rotatable bonds is 3. The van der Waals surface area contributed by atoms with Gasteiger partial charge >= 0.3 is 0 Å². The molecule has 1 aliphatic carbocycles. The fourth-order valence-corrected chi connectivity index (χ4v) is 3.53. The number of nitrogens with one attached hydrogen (secondary N) is 1. The van der Waals surface area contributed by atoms with E-state index < -0.39 is 0 Å². The molecule has 0 aromatic heterocycles. The van der Waals surface area contributed by atoms with Gasteiger partial charge in [0.25, 0.3) is 5.91 Å². The van der Waals surface area contributed by atoms with Crippen molar-refractivity contribution in [2.75, 3.05) is 0 Å². The SMILES string of the molecule is CCC1CCC(NC(=O)c2ccc(Br)cc2S)CC1. The zero-order valence-electron chi connectivity index (χ0n) is 11.2. The van der Waals surface area contributed by atoms with Crippen LogP contribution in [0.2, 0.25) is 0 Å². The Morgan fingerprint density at radius 1 is 1.37 bits per heavy atom. The molecule has 0 radical (unpaired) electrons. The van der Waals surface area contributed by atoms with Crippen LogP contribution in [0.3, 0.4) is 0 Å². The first kappa shape index (κ1) is 14.9. The molecule has 0 heterocycles. The number of hydrogen-bond acceptors (Lipinski definition) is 2. The molecule has 0 spiro atoms. The number of halogens is 1. The summed E-state index contributed by atoms with van der Waals surface area (Å²) in [6, 6.07) is 5.88. The van der Waals surface area contributed by atoms with Gasteiger partial charge in [-0.3, -0.25) is 4.79 Å². The minimum Gasteiger partial charge on any atom is -0.349 e. The van der Waals surface area contributed by atoms with Crippen LogP contribution in [0, 0.1) is 5.92 Å². The van der Waals surface area contributed by atoms with Gasteiger partial charge < -0.3 is 5.32 Å². The standard InChI is InChI=1S/C15H20BrNOS/c1-2-10-3-6-12(7-4-10)17-15(18)13-8-5-11(16)9-14(13)19/h5,8-10,12,19H,2-4,6-7H2,1H3,(H,17,18). The molecule has 1 amide bonds. The second kappa shape index (κ2) is 6.80. The molecular formula is C15H20BrNOS. The van der Waals surface area contributed by atoms with Crippen molar-refractivity contribution in [1.29, 1.82) is 0 Å². The molecule has 1 aromatic carbocycles. The summed E-state index contributed by atoms with van der Waals surface area (Å²) in [6.07, 6.45) is 5.92. The van der Waals surface area contributed by atoms with Gasteiger partial charge in [-0.25, -0.2) is 0 Å². The highest BCUT2D eigenvalue weighted by molar-refractivity contribution is 9.10. The third-order valence-electron chi connectivity index (χ3n) is 3.96. The van der Waals surface area contributed by atoms with Crippen LogP contribution in [0.25, 0.3) is 0 Å². The summed E-state index contributed by atoms with van der Waals surface area (Å²) in [5.41, 5.74) is 0.657. The Morgan fingerprint density at radius 2 is 2.05 bits per heavy atom. The fraction of sp³-hybridized carbons (Fsp3) is 0.533. The molecule has 1 N–H and O–H groups in total. The van der Waals surface area contributed by atoms with Crippen molar-refractivity contribution >= 4 is 34.5 Å². The van der Waals surface area contributed by atoms with Crippen LogP contribution < -0.4 is 5.32 Å². The lowest BCUT2D eigenvalue weighted by molar-refractivity contribution is 0.0918. The molecule has 2 nitrogen and oxygen atoms in total. The Kier molecular flexibility index (Phi) is 5.34. The number of carbonyl (C=O) groups is 1. The van der Waals surface area contributed by atoms with Gasteiger partial charge in [-0.05, 0) is 49.8 Å². The first-order valence-electron chi connectivity index (χ1n) is 6.89. The molecule has 1 fully saturated rings. The van der Waals surface area contributed by atoms with E-state index in [1.54, 1.807) is 0 Å². The largest absolute Gasteiger partial charge is 0.349 e. The van der Waals surface area contributed by atoms with Gasteiger partial charge in [-0.1, -0.05) is 29.3 Å². The van der Waals surface area contributed by atoms with E-state index in [2.05, 4.69) is 40.8 Å². The Hall–Kier alpha value is -0.480. The van der Waals surface area contributed by atoms with E-state index in [9.17, 15) is 4.79 Å². The lowest BCUT2D eigenvalue weighted by atomic mass is 9.84. The quantitative estimate of drug-likeness (QED) is 0.782. The first-order valence-corrected chi connectivity index (χ1v) is 8.13. The van der Waals surface area contributed by atoms with Gasteiger partial charge in [-0.2, -0.15) is 0 Å². The molecule has 0 atom stereocenters. The molecule has 1 aromatic rings. The van der Waals surface area contributed by atoms with Crippen molar-refractivity contribution in [3.63, 3.8) is 0 Å². The highest BCUT2D eigenvalue weighted by atomic mass is 79.9. The van der Waals surface area contributed by atoms with Gasteiger partial charge in [0.1, 0.15) is 0 Å². The molecule has 0 saturated heterocycles. The van der Waals surface area contributed by atoms with Crippen LogP contribution in [-0.2, 0) is 0 Å². The number of carbonyl (C=O) groups excluding carboxylic acids is 1. The number of benzene rings is 1. The van der Waals surface area contributed by atoms with E-state index >= 15 is 0 Å². The minimum atomic E-state index is -0.00236. The molecule has 19 heavy (non-hydrogen) atoms. The normalized spacial score (nSPS) is 23.1. The van der Waals surface area contributed by atoms with E-state index in [1.165, 1.54) is 19.3 Å². The summed E-state index contributed by atoms with van der Waals surface area (Å²) in [5, 5.41) is 3.14. The lowest BCUT2D eigenvalue weighted by Gasteiger charge is -2.28. The second-order valence-corrected chi connectivity index (χ2v) is 6.66. The topological polar surface area (TPSA) is 29.1 Å². The molecule has 1 saturated carbocycles. The van der Waals surface area contributed by atoms with E-state index in [0.29, 0.717) is 16.5 Å². The van der Waals surface area contributed by atoms with Crippen LogP contribution in [0.4, 0.5) is 0 Å². The Bertz CT molecular complexity index is 455.